The van der Waals surface area contributed by atoms with Crippen LogP contribution in [0.2, 0.25) is 0 Å². The molecule has 1 rings (SSSR count). The van der Waals surface area contributed by atoms with Crippen molar-refractivity contribution in [1.82, 2.24) is 0 Å². The summed E-state index contributed by atoms with van der Waals surface area (Å²) in [6.45, 7) is 0.259. The number of methoxy groups -OCH3 is 1. The fourth-order valence-corrected chi connectivity index (χ4v) is 1.65. The van der Waals surface area contributed by atoms with Gasteiger partial charge in [-0.2, -0.15) is 0 Å². The molecule has 0 saturated heterocycles. The first-order valence-corrected chi connectivity index (χ1v) is 5.21. The van der Waals surface area contributed by atoms with E-state index in [2.05, 4.69) is 0 Å². The molecule has 0 aliphatic rings. The molecule has 0 spiro atoms. The maximum absolute atomic E-state index is 10.9. The summed E-state index contributed by atoms with van der Waals surface area (Å²) in [5, 5.41) is 10.7. The number of amides is 1. The summed E-state index contributed by atoms with van der Waals surface area (Å²) in [4.78, 5) is 22.7. The normalized spacial score (nSPS) is 10.1. The summed E-state index contributed by atoms with van der Waals surface area (Å²) >= 11 is 0. The van der Waals surface area contributed by atoms with Crippen LogP contribution in [0.25, 0.3) is 0 Å². The number of anilines is 1. The summed E-state index contributed by atoms with van der Waals surface area (Å²) in [6.07, 6.45) is 0. The number of carbonyl (C=O) groups is 1. The van der Waals surface area contributed by atoms with Gasteiger partial charge in [-0.1, -0.05) is 0 Å². The van der Waals surface area contributed by atoms with Crippen molar-refractivity contribution in [3.05, 3.63) is 33.9 Å². The Hall–Kier alpha value is -2.15. The van der Waals surface area contributed by atoms with Gasteiger partial charge in [0.15, 0.2) is 0 Å². The van der Waals surface area contributed by atoms with Crippen LogP contribution in [-0.2, 0) is 16.1 Å². The van der Waals surface area contributed by atoms with Crippen molar-refractivity contribution in [1.29, 1.82) is 0 Å². The first-order valence-electron chi connectivity index (χ1n) is 5.21. The Morgan fingerprint density at radius 2 is 2.22 bits per heavy atom. The van der Waals surface area contributed by atoms with Gasteiger partial charge in [-0.05, 0) is 6.07 Å². The molecule has 1 aromatic carbocycles. The number of hydrogen-bond donors (Lipinski definition) is 1. The van der Waals surface area contributed by atoms with Gasteiger partial charge >= 0.3 is 0 Å². The topological polar surface area (TPSA) is 98.7 Å². The minimum Gasteiger partial charge on any atom is -0.380 e. The van der Waals surface area contributed by atoms with Gasteiger partial charge in [0, 0.05) is 37.5 Å². The second-order valence-corrected chi connectivity index (χ2v) is 3.83. The number of ether oxygens (including phenoxy) is 1. The van der Waals surface area contributed by atoms with E-state index in [4.69, 9.17) is 10.5 Å². The lowest BCUT2D eigenvalue weighted by Gasteiger charge is -2.20. The van der Waals surface area contributed by atoms with Crippen molar-refractivity contribution >= 4 is 17.3 Å². The van der Waals surface area contributed by atoms with E-state index >= 15 is 0 Å². The minimum absolute atomic E-state index is 0.0155. The maximum Gasteiger partial charge on any atom is 0.269 e. The fourth-order valence-electron chi connectivity index (χ4n) is 1.65. The number of non-ortho nitro benzene ring substituents is 1. The van der Waals surface area contributed by atoms with E-state index in [1.54, 1.807) is 18.0 Å². The lowest BCUT2D eigenvalue weighted by Crippen LogP contribution is -2.31. The van der Waals surface area contributed by atoms with Crippen molar-refractivity contribution in [3.63, 3.8) is 0 Å². The molecule has 0 heterocycles. The van der Waals surface area contributed by atoms with E-state index in [-0.39, 0.29) is 18.8 Å². The molecule has 0 fully saturated rings. The van der Waals surface area contributed by atoms with E-state index in [1.807, 2.05) is 0 Å². The van der Waals surface area contributed by atoms with Gasteiger partial charge in [-0.25, -0.2) is 0 Å². The zero-order valence-electron chi connectivity index (χ0n) is 10.3. The second kappa shape index (κ2) is 5.97. The first kappa shape index (κ1) is 13.9. The molecule has 2 N–H and O–H groups in total. The quantitative estimate of drug-likeness (QED) is 0.593. The third-order valence-corrected chi connectivity index (χ3v) is 2.38. The fraction of sp³-hybridized carbons (Fsp3) is 0.364. The van der Waals surface area contributed by atoms with E-state index in [9.17, 15) is 14.9 Å². The Labute approximate surface area is 104 Å². The number of hydrogen-bond acceptors (Lipinski definition) is 5. The molecule has 0 radical (unpaired) electrons. The van der Waals surface area contributed by atoms with Crippen LogP contribution in [0, 0.1) is 10.1 Å². The summed E-state index contributed by atoms with van der Waals surface area (Å²) in [5.41, 5.74) is 6.41. The van der Waals surface area contributed by atoms with Gasteiger partial charge in [-0.3, -0.25) is 14.9 Å². The Morgan fingerprint density at radius 1 is 1.56 bits per heavy atom. The lowest BCUT2D eigenvalue weighted by molar-refractivity contribution is -0.384. The standard InChI is InChI=1S/C11H15N3O4/c1-13(6-11(12)15)10-4-3-9(14(16)17)5-8(10)7-18-2/h3-5H,6-7H2,1-2H3,(H2,12,15). The highest BCUT2D eigenvalue weighted by Gasteiger charge is 2.14. The molecule has 98 valence electrons. The lowest BCUT2D eigenvalue weighted by atomic mass is 10.1. The highest BCUT2D eigenvalue weighted by Crippen LogP contribution is 2.25. The second-order valence-electron chi connectivity index (χ2n) is 3.83. The molecule has 0 aliphatic carbocycles. The third kappa shape index (κ3) is 3.42. The highest BCUT2D eigenvalue weighted by atomic mass is 16.6. The van der Waals surface area contributed by atoms with Gasteiger partial charge in [-0.15, -0.1) is 0 Å². The molecular formula is C11H15N3O4. The predicted octanol–water partition coefficient (Wildman–Crippen LogP) is 0.663. The molecule has 1 amide bonds. The highest BCUT2D eigenvalue weighted by molar-refractivity contribution is 5.79. The molecule has 0 aromatic heterocycles. The Morgan fingerprint density at radius 3 is 2.72 bits per heavy atom. The average molecular weight is 253 g/mol. The summed E-state index contributed by atoms with van der Waals surface area (Å²) in [7, 11) is 3.18. The summed E-state index contributed by atoms with van der Waals surface area (Å²) in [5.74, 6) is -0.473. The number of nitro groups is 1. The largest absolute Gasteiger partial charge is 0.380 e. The number of carbonyl (C=O) groups excluding carboxylic acids is 1. The number of benzene rings is 1. The molecule has 18 heavy (non-hydrogen) atoms. The summed E-state index contributed by atoms with van der Waals surface area (Å²) in [6, 6.07) is 4.39. The van der Waals surface area contributed by atoms with Crippen molar-refractivity contribution in [3.8, 4) is 0 Å². The van der Waals surface area contributed by atoms with Gasteiger partial charge in [0.1, 0.15) is 0 Å². The van der Waals surface area contributed by atoms with E-state index in [0.717, 1.165) is 0 Å². The van der Waals surface area contributed by atoms with E-state index < -0.39 is 10.8 Å². The number of nitrogens with two attached hydrogens (primary N) is 1. The van der Waals surface area contributed by atoms with Crippen LogP contribution in [0.3, 0.4) is 0 Å². The molecule has 7 heteroatoms. The minimum atomic E-state index is -0.475. The van der Waals surface area contributed by atoms with Crippen LogP contribution in [0.15, 0.2) is 18.2 Å². The van der Waals surface area contributed by atoms with Crippen LogP contribution in [0.5, 0.6) is 0 Å². The Bertz CT molecular complexity index is 462. The number of rotatable bonds is 6. The predicted molar refractivity (Wildman–Crippen MR) is 66.3 cm³/mol. The zero-order chi connectivity index (χ0) is 13.7. The van der Waals surface area contributed by atoms with Crippen LogP contribution >= 0.6 is 0 Å². The Balaban J connectivity index is 3.09. The molecule has 0 atom stereocenters. The van der Waals surface area contributed by atoms with Crippen LogP contribution in [-0.4, -0.2) is 31.5 Å². The Kier molecular flexibility index (Phi) is 4.61. The molecular weight excluding hydrogens is 238 g/mol. The van der Waals surface area contributed by atoms with Crippen LogP contribution in [0.4, 0.5) is 11.4 Å². The maximum atomic E-state index is 10.9. The number of likely N-dealkylation sites (N-methyl/N-ethyl adjacent to an activating group) is 1. The number of primary amides is 1. The molecule has 0 unspecified atom stereocenters. The molecule has 7 nitrogen and oxygen atoms in total. The number of nitrogens with zero attached hydrogens (tertiary/aromatic N) is 2. The van der Waals surface area contributed by atoms with E-state index in [1.165, 1.54) is 19.2 Å². The first-order chi connectivity index (χ1) is 8.45. The average Bonchev–Trinajstić information content (AvgIpc) is 2.28. The monoisotopic (exact) mass is 253 g/mol. The van der Waals surface area contributed by atoms with Crippen LogP contribution < -0.4 is 10.6 Å². The van der Waals surface area contributed by atoms with E-state index in [0.29, 0.717) is 11.3 Å². The van der Waals surface area contributed by atoms with Gasteiger partial charge < -0.3 is 15.4 Å². The number of nitro benzene ring substituents is 1. The zero-order valence-corrected chi connectivity index (χ0v) is 10.3. The molecule has 0 aliphatic heterocycles. The molecule has 0 bridgehead atoms. The van der Waals surface area contributed by atoms with Gasteiger partial charge in [0.2, 0.25) is 5.91 Å². The van der Waals surface area contributed by atoms with Crippen molar-refractivity contribution in [2.45, 2.75) is 6.61 Å². The third-order valence-electron chi connectivity index (χ3n) is 2.38. The molecule has 1 aromatic rings. The van der Waals surface area contributed by atoms with Gasteiger partial charge in [0.25, 0.3) is 5.69 Å². The van der Waals surface area contributed by atoms with Crippen molar-refractivity contribution < 1.29 is 14.5 Å². The van der Waals surface area contributed by atoms with Gasteiger partial charge in [0.05, 0.1) is 18.1 Å². The smallest absolute Gasteiger partial charge is 0.269 e. The van der Waals surface area contributed by atoms with Crippen molar-refractivity contribution in [2.75, 3.05) is 25.6 Å². The summed E-state index contributed by atoms with van der Waals surface area (Å²) < 4.78 is 4.99. The molecule has 0 saturated carbocycles. The van der Waals surface area contributed by atoms with Crippen LogP contribution in [0.1, 0.15) is 5.56 Å². The van der Waals surface area contributed by atoms with Crippen molar-refractivity contribution in [2.24, 2.45) is 5.73 Å². The SMILES string of the molecule is COCc1cc([N+](=O)[O-])ccc1N(C)CC(N)=O.